The van der Waals surface area contributed by atoms with Gasteiger partial charge >= 0.3 is 0 Å². The van der Waals surface area contributed by atoms with Crippen molar-refractivity contribution < 1.29 is 9.18 Å². The molecule has 1 amide bonds. The Balaban J connectivity index is 2.06. The van der Waals surface area contributed by atoms with Crippen LogP contribution in [0.25, 0.3) is 0 Å². The zero-order valence-electron chi connectivity index (χ0n) is 11.3. The molecule has 6 heteroatoms. The van der Waals surface area contributed by atoms with Crippen LogP contribution < -0.4 is 5.73 Å². The van der Waals surface area contributed by atoms with Crippen molar-refractivity contribution in [2.75, 3.05) is 13.6 Å². The van der Waals surface area contributed by atoms with E-state index in [0.717, 1.165) is 0 Å². The maximum Gasteiger partial charge on any atom is 0.274 e. The van der Waals surface area contributed by atoms with Crippen LogP contribution in [0.3, 0.4) is 0 Å². The average Bonchev–Trinajstić information content (AvgIpc) is 2.89. The second-order valence-corrected chi connectivity index (χ2v) is 4.54. The highest BCUT2D eigenvalue weighted by Crippen LogP contribution is 2.10. The van der Waals surface area contributed by atoms with Gasteiger partial charge in [0.05, 0.1) is 6.33 Å². The molecule has 0 spiro atoms. The van der Waals surface area contributed by atoms with E-state index in [-0.39, 0.29) is 18.3 Å². The number of halogens is 1. The minimum Gasteiger partial charge on any atom is -0.336 e. The highest BCUT2D eigenvalue weighted by Gasteiger charge is 2.16. The Bertz CT molecular complexity index is 596. The Kier molecular flexibility index (Phi) is 4.47. The largest absolute Gasteiger partial charge is 0.336 e. The maximum absolute atomic E-state index is 13.5. The lowest BCUT2D eigenvalue weighted by atomic mass is 10.2. The molecule has 0 saturated heterocycles. The summed E-state index contributed by atoms with van der Waals surface area (Å²) in [5.41, 5.74) is 6.25. The van der Waals surface area contributed by atoms with Crippen molar-refractivity contribution in [1.82, 2.24) is 14.5 Å². The summed E-state index contributed by atoms with van der Waals surface area (Å²) in [5.74, 6) is -0.565. The van der Waals surface area contributed by atoms with Gasteiger partial charge in [0.25, 0.3) is 5.91 Å². The van der Waals surface area contributed by atoms with Crippen LogP contribution in [0.1, 0.15) is 16.1 Å². The topological polar surface area (TPSA) is 64.2 Å². The highest BCUT2D eigenvalue weighted by atomic mass is 19.1. The standard InChI is InChI=1S/C14H17FN4O/c1-18(8-11-4-2-3-5-12(11)15)14(20)13-9-19(7-6-16)10-17-13/h2-5,9-10H,6-8,16H2,1H3. The van der Waals surface area contributed by atoms with E-state index in [1.165, 1.54) is 11.0 Å². The molecule has 1 aromatic carbocycles. The molecule has 0 aliphatic heterocycles. The molecule has 0 unspecified atom stereocenters. The van der Waals surface area contributed by atoms with E-state index in [0.29, 0.717) is 24.3 Å². The summed E-state index contributed by atoms with van der Waals surface area (Å²) in [6.07, 6.45) is 3.21. The predicted molar refractivity (Wildman–Crippen MR) is 73.5 cm³/mol. The molecule has 0 aliphatic rings. The number of nitrogens with two attached hydrogens (primary N) is 1. The third-order valence-corrected chi connectivity index (χ3v) is 2.95. The maximum atomic E-state index is 13.5. The molecule has 0 atom stereocenters. The lowest BCUT2D eigenvalue weighted by Crippen LogP contribution is -2.27. The normalized spacial score (nSPS) is 10.6. The van der Waals surface area contributed by atoms with Gasteiger partial charge in [0, 0.05) is 38.4 Å². The van der Waals surface area contributed by atoms with Gasteiger partial charge in [-0.2, -0.15) is 0 Å². The van der Waals surface area contributed by atoms with E-state index in [1.54, 1.807) is 42.3 Å². The van der Waals surface area contributed by atoms with E-state index >= 15 is 0 Å². The van der Waals surface area contributed by atoms with Gasteiger partial charge in [0.1, 0.15) is 11.5 Å². The molecule has 0 aliphatic carbocycles. The smallest absolute Gasteiger partial charge is 0.274 e. The third-order valence-electron chi connectivity index (χ3n) is 2.95. The fourth-order valence-corrected chi connectivity index (χ4v) is 1.89. The quantitative estimate of drug-likeness (QED) is 0.894. The van der Waals surface area contributed by atoms with Gasteiger partial charge in [-0.1, -0.05) is 18.2 Å². The molecule has 0 radical (unpaired) electrons. The first kappa shape index (κ1) is 14.2. The molecule has 106 valence electrons. The Morgan fingerprint density at radius 2 is 2.20 bits per heavy atom. The molecule has 2 aromatic rings. The number of hydrogen-bond donors (Lipinski definition) is 1. The molecular weight excluding hydrogens is 259 g/mol. The Morgan fingerprint density at radius 1 is 1.45 bits per heavy atom. The number of aromatic nitrogens is 2. The van der Waals surface area contributed by atoms with Crippen molar-refractivity contribution in [2.24, 2.45) is 5.73 Å². The SMILES string of the molecule is CN(Cc1ccccc1F)C(=O)c1cn(CCN)cn1. The summed E-state index contributed by atoms with van der Waals surface area (Å²) in [6, 6.07) is 6.40. The summed E-state index contributed by atoms with van der Waals surface area (Å²) in [7, 11) is 1.62. The Morgan fingerprint density at radius 3 is 2.90 bits per heavy atom. The number of nitrogens with zero attached hydrogens (tertiary/aromatic N) is 3. The average molecular weight is 276 g/mol. The van der Waals surface area contributed by atoms with E-state index in [1.807, 2.05) is 0 Å². The van der Waals surface area contributed by atoms with Crippen LogP contribution in [0.2, 0.25) is 0 Å². The number of rotatable bonds is 5. The third kappa shape index (κ3) is 3.21. The van der Waals surface area contributed by atoms with Gasteiger partial charge in [-0.15, -0.1) is 0 Å². The zero-order valence-corrected chi connectivity index (χ0v) is 11.3. The van der Waals surface area contributed by atoms with Crippen molar-refractivity contribution in [1.29, 1.82) is 0 Å². The molecule has 1 heterocycles. The number of imidazole rings is 1. The van der Waals surface area contributed by atoms with E-state index in [4.69, 9.17) is 5.73 Å². The number of hydrogen-bond acceptors (Lipinski definition) is 3. The number of carbonyl (C=O) groups is 1. The van der Waals surface area contributed by atoms with E-state index in [9.17, 15) is 9.18 Å². The van der Waals surface area contributed by atoms with Crippen molar-refractivity contribution in [2.45, 2.75) is 13.1 Å². The zero-order chi connectivity index (χ0) is 14.5. The van der Waals surface area contributed by atoms with Crippen molar-refractivity contribution in [3.05, 3.63) is 53.9 Å². The number of carbonyl (C=O) groups excluding carboxylic acids is 1. The van der Waals surface area contributed by atoms with Gasteiger partial charge in [-0.25, -0.2) is 9.37 Å². The molecule has 0 fully saturated rings. The fraction of sp³-hybridized carbons (Fsp3) is 0.286. The number of amides is 1. The van der Waals surface area contributed by atoms with Gasteiger partial charge < -0.3 is 15.2 Å². The van der Waals surface area contributed by atoms with Crippen LogP contribution in [-0.2, 0) is 13.1 Å². The van der Waals surface area contributed by atoms with Crippen molar-refractivity contribution >= 4 is 5.91 Å². The molecule has 20 heavy (non-hydrogen) atoms. The summed E-state index contributed by atoms with van der Waals surface area (Å²) in [4.78, 5) is 17.7. The summed E-state index contributed by atoms with van der Waals surface area (Å²) in [6.45, 7) is 1.29. The molecule has 2 rings (SSSR count). The van der Waals surface area contributed by atoms with Crippen LogP contribution in [0.5, 0.6) is 0 Å². The van der Waals surface area contributed by atoms with Gasteiger partial charge in [-0.05, 0) is 6.07 Å². The molecule has 1 aromatic heterocycles. The Labute approximate surface area is 116 Å². The minimum atomic E-state index is -0.319. The molecular formula is C14H17FN4O. The van der Waals surface area contributed by atoms with E-state index < -0.39 is 0 Å². The van der Waals surface area contributed by atoms with E-state index in [2.05, 4.69) is 4.98 Å². The van der Waals surface area contributed by atoms with Crippen LogP contribution in [0.4, 0.5) is 4.39 Å². The first-order valence-corrected chi connectivity index (χ1v) is 6.32. The van der Waals surface area contributed by atoms with Crippen LogP contribution in [0.15, 0.2) is 36.8 Å². The first-order valence-electron chi connectivity index (χ1n) is 6.32. The lowest BCUT2D eigenvalue weighted by molar-refractivity contribution is 0.0778. The second-order valence-electron chi connectivity index (χ2n) is 4.54. The van der Waals surface area contributed by atoms with Crippen LogP contribution in [-0.4, -0.2) is 34.0 Å². The van der Waals surface area contributed by atoms with Gasteiger partial charge in [-0.3, -0.25) is 4.79 Å². The summed E-state index contributed by atoms with van der Waals surface area (Å²) >= 11 is 0. The number of benzene rings is 1. The molecule has 0 bridgehead atoms. The van der Waals surface area contributed by atoms with Gasteiger partial charge in [0.15, 0.2) is 0 Å². The van der Waals surface area contributed by atoms with Gasteiger partial charge in [0.2, 0.25) is 0 Å². The van der Waals surface area contributed by atoms with Crippen LogP contribution in [0, 0.1) is 5.82 Å². The summed E-state index contributed by atoms with van der Waals surface area (Å²) in [5, 5.41) is 0. The molecule has 5 nitrogen and oxygen atoms in total. The second kappa shape index (κ2) is 6.29. The Hall–Kier alpha value is -2.21. The van der Waals surface area contributed by atoms with Crippen LogP contribution >= 0.6 is 0 Å². The van der Waals surface area contributed by atoms with Crippen molar-refractivity contribution in [3.8, 4) is 0 Å². The van der Waals surface area contributed by atoms with Crippen molar-refractivity contribution in [3.63, 3.8) is 0 Å². The molecule has 2 N–H and O–H groups in total. The minimum absolute atomic E-state index is 0.204. The highest BCUT2D eigenvalue weighted by molar-refractivity contribution is 5.91. The first-order chi connectivity index (χ1) is 9.61. The predicted octanol–water partition coefficient (Wildman–Crippen LogP) is 1.25. The monoisotopic (exact) mass is 276 g/mol. The fourth-order valence-electron chi connectivity index (χ4n) is 1.89. The summed E-state index contributed by atoms with van der Waals surface area (Å²) < 4.78 is 15.3. The lowest BCUT2D eigenvalue weighted by Gasteiger charge is -2.16. The molecule has 0 saturated carbocycles.